The lowest BCUT2D eigenvalue weighted by Gasteiger charge is -2.24. The monoisotopic (exact) mass is 407 g/mol. The van der Waals surface area contributed by atoms with Gasteiger partial charge in [-0.1, -0.05) is 19.1 Å². The molecule has 27 heavy (non-hydrogen) atoms. The number of amides is 1. The van der Waals surface area contributed by atoms with E-state index in [0.717, 1.165) is 28.9 Å². The second-order valence-corrected chi connectivity index (χ2v) is 9.31. The van der Waals surface area contributed by atoms with E-state index in [4.69, 9.17) is 4.74 Å². The third-order valence-electron chi connectivity index (χ3n) is 4.43. The molecule has 0 aromatic heterocycles. The van der Waals surface area contributed by atoms with Crippen molar-refractivity contribution in [3.05, 3.63) is 53.6 Å². The molecule has 8 heteroatoms. The van der Waals surface area contributed by atoms with Gasteiger partial charge in [-0.3, -0.25) is 4.79 Å². The Morgan fingerprint density at radius 3 is 2.67 bits per heavy atom. The van der Waals surface area contributed by atoms with Gasteiger partial charge < -0.3 is 14.6 Å². The molecule has 0 fully saturated rings. The van der Waals surface area contributed by atoms with Crippen molar-refractivity contribution < 1.29 is 22.5 Å². The van der Waals surface area contributed by atoms with Crippen LogP contribution in [0.3, 0.4) is 0 Å². The number of ether oxygens (including phenoxy) is 1. The van der Waals surface area contributed by atoms with Gasteiger partial charge in [0.25, 0.3) is 0 Å². The molecule has 1 unspecified atom stereocenters. The number of carbonyl (C=O) groups is 1. The third kappa shape index (κ3) is 4.63. The maximum atomic E-state index is 12.3. The lowest BCUT2D eigenvalue weighted by atomic mass is 10.0. The van der Waals surface area contributed by atoms with E-state index in [1.54, 1.807) is 31.2 Å². The number of hydrogen-bond acceptors (Lipinski definition) is 6. The predicted molar refractivity (Wildman–Crippen MR) is 106 cm³/mol. The Balaban J connectivity index is 1.68. The maximum Gasteiger partial charge on any atom is 0.228 e. The molecule has 1 aliphatic heterocycles. The maximum absolute atomic E-state index is 12.3. The summed E-state index contributed by atoms with van der Waals surface area (Å²) in [6.45, 7) is 2.15. The Labute approximate surface area is 163 Å². The first-order valence-electron chi connectivity index (χ1n) is 8.61. The van der Waals surface area contributed by atoms with Gasteiger partial charge in [0, 0.05) is 11.3 Å². The molecule has 0 spiro atoms. The molecule has 1 heterocycles. The topological polar surface area (TPSA) is 92.7 Å². The van der Waals surface area contributed by atoms with Crippen molar-refractivity contribution >= 4 is 33.5 Å². The molecule has 144 valence electrons. The largest absolute Gasteiger partial charge is 0.493 e. The van der Waals surface area contributed by atoms with Crippen molar-refractivity contribution in [1.82, 2.24) is 0 Å². The van der Waals surface area contributed by atoms with Crippen molar-refractivity contribution in [1.29, 1.82) is 0 Å². The third-order valence-corrected chi connectivity index (χ3v) is 6.93. The van der Waals surface area contributed by atoms with E-state index in [1.807, 2.05) is 6.07 Å². The van der Waals surface area contributed by atoms with E-state index in [0.29, 0.717) is 18.7 Å². The number of sulfone groups is 1. The van der Waals surface area contributed by atoms with Crippen LogP contribution in [0.4, 0.5) is 5.69 Å². The fourth-order valence-electron chi connectivity index (χ4n) is 2.92. The number of benzene rings is 2. The number of rotatable bonds is 6. The number of fused-ring (bicyclic) bond motifs is 1. The predicted octanol–water partition coefficient (Wildman–Crippen LogP) is 3.69. The van der Waals surface area contributed by atoms with Crippen molar-refractivity contribution in [2.75, 3.05) is 17.7 Å². The normalized spacial score (nSPS) is 16.3. The molecule has 2 aromatic carbocycles. The van der Waals surface area contributed by atoms with Gasteiger partial charge in [-0.25, -0.2) is 8.42 Å². The van der Waals surface area contributed by atoms with Crippen LogP contribution < -0.4 is 10.1 Å². The standard InChI is InChI=1S/C19H21NO5S2/c1-2-27(23,24)15-6-3-13(4-7-15)11-19(21)20-14-5-8-17-16(12-14)18(26-22)9-10-25-17/h3-8,12,18,22H,2,9-11H2,1H3,(H,20,21). The van der Waals surface area contributed by atoms with Crippen molar-refractivity contribution in [2.24, 2.45) is 0 Å². The summed E-state index contributed by atoms with van der Waals surface area (Å²) in [4.78, 5) is 12.6. The highest BCUT2D eigenvalue weighted by Crippen LogP contribution is 2.40. The zero-order chi connectivity index (χ0) is 19.4. The first-order chi connectivity index (χ1) is 12.9. The summed E-state index contributed by atoms with van der Waals surface area (Å²) in [6, 6.07) is 11.7. The van der Waals surface area contributed by atoms with Gasteiger partial charge in [-0.2, -0.15) is 0 Å². The number of hydrogen-bond donors (Lipinski definition) is 2. The summed E-state index contributed by atoms with van der Waals surface area (Å²) in [6.07, 6.45) is 0.844. The van der Waals surface area contributed by atoms with E-state index in [2.05, 4.69) is 5.32 Å². The zero-order valence-electron chi connectivity index (χ0n) is 14.8. The summed E-state index contributed by atoms with van der Waals surface area (Å²) >= 11 is 0.782. The van der Waals surface area contributed by atoms with Gasteiger partial charge in [0.1, 0.15) is 5.75 Å². The Morgan fingerprint density at radius 2 is 2.00 bits per heavy atom. The summed E-state index contributed by atoms with van der Waals surface area (Å²) in [5.74, 6) is 0.562. The molecular formula is C19H21NO5S2. The van der Waals surface area contributed by atoms with Gasteiger partial charge in [-0.15, -0.1) is 0 Å². The average molecular weight is 408 g/mol. The minimum atomic E-state index is -3.24. The molecule has 0 saturated heterocycles. The van der Waals surface area contributed by atoms with Crippen LogP contribution in [-0.2, 0) is 21.1 Å². The molecule has 1 atom stereocenters. The fraction of sp³-hybridized carbons (Fsp3) is 0.316. The Kier molecular flexibility index (Phi) is 6.08. The fourth-order valence-corrected chi connectivity index (χ4v) is 4.31. The van der Waals surface area contributed by atoms with Crippen molar-refractivity contribution in [3.63, 3.8) is 0 Å². The second-order valence-electron chi connectivity index (χ2n) is 6.26. The molecule has 3 rings (SSSR count). The van der Waals surface area contributed by atoms with Crippen molar-refractivity contribution in [2.45, 2.75) is 29.9 Å². The molecule has 0 bridgehead atoms. The van der Waals surface area contributed by atoms with Gasteiger partial charge in [-0.05, 0) is 54.4 Å². The second kappa shape index (κ2) is 8.33. The van der Waals surface area contributed by atoms with E-state index in [9.17, 15) is 17.8 Å². The van der Waals surface area contributed by atoms with Crippen LogP contribution in [-0.4, -0.2) is 31.2 Å². The number of anilines is 1. The lowest BCUT2D eigenvalue weighted by molar-refractivity contribution is -0.115. The zero-order valence-corrected chi connectivity index (χ0v) is 16.5. The van der Waals surface area contributed by atoms with Gasteiger partial charge in [0.15, 0.2) is 9.84 Å². The van der Waals surface area contributed by atoms with E-state index < -0.39 is 9.84 Å². The molecule has 0 saturated carbocycles. The Hall–Kier alpha value is -2.03. The van der Waals surface area contributed by atoms with E-state index in [1.165, 1.54) is 12.1 Å². The quantitative estimate of drug-likeness (QED) is 0.710. The number of nitrogens with one attached hydrogen (secondary N) is 1. The lowest BCUT2D eigenvalue weighted by Crippen LogP contribution is -2.16. The van der Waals surface area contributed by atoms with Crippen LogP contribution in [0, 0.1) is 0 Å². The molecule has 2 N–H and O–H groups in total. The molecular weight excluding hydrogens is 386 g/mol. The summed E-state index contributed by atoms with van der Waals surface area (Å²) in [5, 5.41) is 2.77. The molecule has 0 aliphatic carbocycles. The molecule has 1 aliphatic rings. The summed E-state index contributed by atoms with van der Waals surface area (Å²) in [7, 11) is -3.24. The van der Waals surface area contributed by atoms with Crippen LogP contribution >= 0.6 is 12.0 Å². The number of carbonyl (C=O) groups excluding carboxylic acids is 1. The van der Waals surface area contributed by atoms with Crippen LogP contribution in [0.15, 0.2) is 47.4 Å². The SMILES string of the molecule is CCS(=O)(=O)c1ccc(CC(=O)Nc2ccc3c(c2)C(SO)CCO3)cc1. The van der Waals surface area contributed by atoms with Crippen LogP contribution in [0.2, 0.25) is 0 Å². The minimum Gasteiger partial charge on any atom is -0.493 e. The van der Waals surface area contributed by atoms with Crippen LogP contribution in [0.25, 0.3) is 0 Å². The summed E-state index contributed by atoms with van der Waals surface area (Å²) in [5.41, 5.74) is 2.22. The highest BCUT2D eigenvalue weighted by Gasteiger charge is 2.22. The summed E-state index contributed by atoms with van der Waals surface area (Å²) < 4.78 is 38.7. The minimum absolute atomic E-state index is 0.0436. The van der Waals surface area contributed by atoms with Gasteiger partial charge in [0.05, 0.1) is 28.9 Å². The first-order valence-corrected chi connectivity index (χ1v) is 11.1. The first kappa shape index (κ1) is 19.7. The van der Waals surface area contributed by atoms with Crippen LogP contribution in [0.5, 0.6) is 5.75 Å². The van der Waals surface area contributed by atoms with Gasteiger partial charge in [0.2, 0.25) is 5.91 Å². The van der Waals surface area contributed by atoms with E-state index in [-0.39, 0.29) is 28.2 Å². The molecule has 2 aromatic rings. The molecule has 0 radical (unpaired) electrons. The smallest absolute Gasteiger partial charge is 0.228 e. The highest BCUT2D eigenvalue weighted by atomic mass is 32.2. The van der Waals surface area contributed by atoms with Gasteiger partial charge >= 0.3 is 0 Å². The van der Waals surface area contributed by atoms with Crippen molar-refractivity contribution in [3.8, 4) is 5.75 Å². The molecule has 6 nitrogen and oxygen atoms in total. The van der Waals surface area contributed by atoms with E-state index >= 15 is 0 Å². The Bertz CT molecular complexity index is 926. The highest BCUT2D eigenvalue weighted by molar-refractivity contribution is 7.94. The Morgan fingerprint density at radius 1 is 1.26 bits per heavy atom. The molecule has 1 amide bonds. The van der Waals surface area contributed by atoms with Crippen LogP contribution in [0.1, 0.15) is 29.7 Å². The average Bonchev–Trinajstić information content (AvgIpc) is 2.67.